The molecule has 2 saturated heterocycles. The Morgan fingerprint density at radius 1 is 0.308 bits per heavy atom. The summed E-state index contributed by atoms with van der Waals surface area (Å²) in [5.41, 5.74) is 2.86. The predicted octanol–water partition coefficient (Wildman–Crippen LogP) is 8.41. The topological polar surface area (TPSA) is 78.7 Å². The van der Waals surface area contributed by atoms with Crippen molar-refractivity contribution in [3.63, 3.8) is 0 Å². The SMILES string of the molecule is Br.Br.Br.Br.Br.Br.Br.Br.Cl.Cl.Cl.Cl.Cl.Cl.Cl.Cl.c1cc(CN2CCCNCCNCCCNCC2)ccc1CN1CCCNCCNCCCNCC1. The maximum Gasteiger partial charge on any atom is 0.0234 e. The Balaban J connectivity index is -0.0000000752. The smallest absolute Gasteiger partial charge is 0.0234 e. The average Bonchev–Trinajstić information content (AvgIpc) is 2.89. The van der Waals surface area contributed by atoms with Gasteiger partial charge in [-0.25, -0.2) is 0 Å². The largest absolute Gasteiger partial charge is 0.315 e. The molecule has 334 valence electrons. The number of rotatable bonds is 4. The standard InChI is InChI=1S/C28H54N8.8BrH.8ClH/c1-9-29-15-17-31-13-3-21-35(23-19-33-11-1)25-27-5-7-28(8-6-27)26-36-22-4-14-32-18-16-30-10-2-12-34-20-24-36;;;;;;;;;;;;;;;;/h5-8,29-34H,1-4,9-26H2;16*1H. The molecule has 0 bridgehead atoms. The number of hydrogen-bond donors (Lipinski definition) is 6. The quantitative estimate of drug-likeness (QED) is 0.180. The number of nitrogens with zero attached hydrogens (tertiary/aromatic N) is 2. The van der Waals surface area contributed by atoms with Crippen LogP contribution in [0.5, 0.6) is 0 Å². The van der Waals surface area contributed by atoms with Crippen molar-refractivity contribution in [3.05, 3.63) is 35.4 Å². The van der Waals surface area contributed by atoms with E-state index in [2.05, 4.69) is 66.0 Å². The van der Waals surface area contributed by atoms with Crippen LogP contribution in [0.3, 0.4) is 0 Å². The van der Waals surface area contributed by atoms with E-state index in [1.807, 2.05) is 0 Å². The Hall–Kier alpha value is 5.06. The first-order valence-electron chi connectivity index (χ1n) is 14.7. The number of benzene rings is 1. The summed E-state index contributed by atoms with van der Waals surface area (Å²) in [4.78, 5) is 5.23. The zero-order valence-electron chi connectivity index (χ0n) is 29.3. The minimum atomic E-state index is 0. The highest BCUT2D eigenvalue weighted by Gasteiger charge is 2.09. The van der Waals surface area contributed by atoms with Gasteiger partial charge >= 0.3 is 0 Å². The fraction of sp³-hybridized carbons (Fsp3) is 0.786. The number of nitrogens with one attached hydrogen (secondary N) is 6. The lowest BCUT2D eigenvalue weighted by atomic mass is 10.1. The first-order chi connectivity index (χ1) is 17.9. The molecular formula is C28H70Br8Cl8N8. The fourth-order valence-electron chi connectivity index (χ4n) is 4.92. The molecule has 0 aliphatic carbocycles. The van der Waals surface area contributed by atoms with Crippen LogP contribution in [0.25, 0.3) is 0 Å². The van der Waals surface area contributed by atoms with Crippen molar-refractivity contribution in [2.24, 2.45) is 0 Å². The normalized spacial score (nSPS) is 15.8. The van der Waals surface area contributed by atoms with Crippen molar-refractivity contribution in [1.29, 1.82) is 0 Å². The summed E-state index contributed by atoms with van der Waals surface area (Å²) < 4.78 is 0. The van der Waals surface area contributed by atoms with E-state index in [1.165, 1.54) is 36.8 Å². The summed E-state index contributed by atoms with van der Waals surface area (Å²) in [5.74, 6) is 0. The Kier molecular flexibility index (Phi) is 131. The third-order valence-electron chi connectivity index (χ3n) is 7.07. The van der Waals surface area contributed by atoms with Crippen LogP contribution in [0.1, 0.15) is 36.8 Å². The molecule has 0 saturated carbocycles. The van der Waals surface area contributed by atoms with Gasteiger partial charge in [-0.3, -0.25) is 9.80 Å². The second kappa shape index (κ2) is 70.6. The van der Waals surface area contributed by atoms with Crippen molar-refractivity contribution in [2.75, 3.05) is 105 Å². The minimum Gasteiger partial charge on any atom is -0.315 e. The average molecular weight is 1440 g/mol. The van der Waals surface area contributed by atoms with Gasteiger partial charge < -0.3 is 31.9 Å². The Labute approximate surface area is 450 Å². The molecule has 0 unspecified atom stereocenters. The lowest BCUT2D eigenvalue weighted by molar-refractivity contribution is 0.258. The molecule has 0 amide bonds. The van der Waals surface area contributed by atoms with Gasteiger partial charge in [0, 0.05) is 65.4 Å². The number of hydrogen-bond acceptors (Lipinski definition) is 8. The van der Waals surface area contributed by atoms with E-state index < -0.39 is 0 Å². The summed E-state index contributed by atoms with van der Waals surface area (Å²) in [5, 5.41) is 21.4. The molecule has 2 fully saturated rings. The van der Waals surface area contributed by atoms with E-state index in [4.69, 9.17) is 0 Å². The van der Waals surface area contributed by atoms with Crippen LogP contribution in [-0.4, -0.2) is 115 Å². The molecule has 0 aromatic heterocycles. The summed E-state index contributed by atoms with van der Waals surface area (Å²) in [6.07, 6.45) is 4.80. The van der Waals surface area contributed by atoms with Crippen molar-refractivity contribution in [3.8, 4) is 0 Å². The van der Waals surface area contributed by atoms with Gasteiger partial charge in [-0.2, -0.15) is 0 Å². The molecular weight excluding hydrogens is 1370 g/mol. The Bertz CT molecular complexity index is 620. The lowest BCUT2D eigenvalue weighted by Crippen LogP contribution is -2.36. The zero-order valence-corrected chi connectivity index (χ0v) is 49.5. The predicted molar refractivity (Wildman–Crippen MR) is 293 cm³/mol. The first-order valence-corrected chi connectivity index (χ1v) is 14.7. The van der Waals surface area contributed by atoms with Crippen LogP contribution in [-0.2, 0) is 13.1 Å². The molecule has 2 heterocycles. The third kappa shape index (κ3) is 53.1. The molecule has 2 aliphatic heterocycles. The van der Waals surface area contributed by atoms with Gasteiger partial charge in [0.15, 0.2) is 0 Å². The molecule has 0 spiro atoms. The third-order valence-corrected chi connectivity index (χ3v) is 7.07. The second-order valence-electron chi connectivity index (χ2n) is 10.3. The van der Waals surface area contributed by atoms with Crippen LogP contribution in [0.15, 0.2) is 24.3 Å². The van der Waals surface area contributed by atoms with Gasteiger partial charge in [-0.05, 0) is 89.2 Å². The molecule has 6 N–H and O–H groups in total. The van der Waals surface area contributed by atoms with E-state index in [9.17, 15) is 0 Å². The Morgan fingerprint density at radius 2 is 0.538 bits per heavy atom. The van der Waals surface area contributed by atoms with Gasteiger partial charge in [-0.1, -0.05) is 24.3 Å². The highest BCUT2D eigenvalue weighted by atomic mass is 79.9. The molecule has 52 heavy (non-hydrogen) atoms. The zero-order chi connectivity index (χ0) is 24.9. The van der Waals surface area contributed by atoms with Crippen molar-refractivity contribution >= 4 is 235 Å². The fourth-order valence-corrected chi connectivity index (χ4v) is 4.92. The second-order valence-corrected chi connectivity index (χ2v) is 10.3. The summed E-state index contributed by atoms with van der Waals surface area (Å²) in [7, 11) is 0. The van der Waals surface area contributed by atoms with Gasteiger partial charge in [-0.15, -0.1) is 235 Å². The van der Waals surface area contributed by atoms with Crippen LogP contribution >= 0.6 is 235 Å². The molecule has 1 aromatic rings. The van der Waals surface area contributed by atoms with Gasteiger partial charge in [0.05, 0.1) is 0 Å². The van der Waals surface area contributed by atoms with Crippen LogP contribution in [0, 0.1) is 0 Å². The molecule has 24 heteroatoms. The van der Waals surface area contributed by atoms with Crippen LogP contribution in [0.4, 0.5) is 0 Å². The molecule has 8 nitrogen and oxygen atoms in total. The summed E-state index contributed by atoms with van der Waals surface area (Å²) in [6.45, 7) is 19.6. The van der Waals surface area contributed by atoms with Crippen molar-refractivity contribution in [1.82, 2.24) is 41.7 Å². The van der Waals surface area contributed by atoms with Crippen molar-refractivity contribution in [2.45, 2.75) is 38.8 Å². The molecule has 0 atom stereocenters. The van der Waals surface area contributed by atoms with E-state index in [0.29, 0.717) is 0 Å². The Morgan fingerprint density at radius 3 is 0.808 bits per heavy atom. The summed E-state index contributed by atoms with van der Waals surface area (Å²) in [6, 6.07) is 9.42. The highest BCUT2D eigenvalue weighted by molar-refractivity contribution is 8.93. The van der Waals surface area contributed by atoms with E-state index >= 15 is 0 Å². The molecule has 3 rings (SSSR count). The highest BCUT2D eigenvalue weighted by Crippen LogP contribution is 2.11. The van der Waals surface area contributed by atoms with E-state index in [-0.39, 0.29) is 235 Å². The van der Waals surface area contributed by atoms with Crippen LogP contribution in [0.2, 0.25) is 0 Å². The monoisotopic (exact) mass is 1430 g/mol. The molecule has 2 aliphatic rings. The number of halogens is 16. The van der Waals surface area contributed by atoms with Gasteiger partial charge in [0.25, 0.3) is 0 Å². The molecule has 0 radical (unpaired) electrons. The van der Waals surface area contributed by atoms with Crippen LogP contribution < -0.4 is 31.9 Å². The minimum absolute atomic E-state index is 0. The maximum atomic E-state index is 3.63. The van der Waals surface area contributed by atoms with Crippen molar-refractivity contribution < 1.29 is 0 Å². The molecule has 1 aromatic carbocycles. The lowest BCUT2D eigenvalue weighted by Gasteiger charge is -2.24. The van der Waals surface area contributed by atoms with E-state index in [1.54, 1.807) is 0 Å². The summed E-state index contributed by atoms with van der Waals surface area (Å²) >= 11 is 0. The van der Waals surface area contributed by atoms with Gasteiger partial charge in [0.1, 0.15) is 0 Å². The van der Waals surface area contributed by atoms with E-state index in [0.717, 1.165) is 118 Å². The maximum absolute atomic E-state index is 3.63. The van der Waals surface area contributed by atoms with Gasteiger partial charge in [0.2, 0.25) is 0 Å². The first kappa shape index (κ1) is 96.7.